The molecule has 0 aliphatic carbocycles. The lowest BCUT2D eigenvalue weighted by Crippen LogP contribution is -2.44. The van der Waals surface area contributed by atoms with Gasteiger partial charge in [0.25, 0.3) is 5.56 Å². The van der Waals surface area contributed by atoms with E-state index in [1.54, 1.807) is 11.7 Å². The van der Waals surface area contributed by atoms with Gasteiger partial charge in [0.1, 0.15) is 5.39 Å². The minimum atomic E-state index is -0.150. The lowest BCUT2D eigenvalue weighted by atomic mass is 9.87. The Kier molecular flexibility index (Phi) is 3.40. The van der Waals surface area contributed by atoms with Gasteiger partial charge in [0, 0.05) is 13.1 Å². The summed E-state index contributed by atoms with van der Waals surface area (Å²) in [7, 11) is 3.63. The molecule has 0 amide bonds. The van der Waals surface area contributed by atoms with Crippen LogP contribution in [0.2, 0.25) is 0 Å². The molecule has 2 aromatic rings. The van der Waals surface area contributed by atoms with Crippen molar-refractivity contribution in [2.75, 3.05) is 7.05 Å². The van der Waals surface area contributed by atoms with Crippen molar-refractivity contribution in [3.05, 3.63) is 16.6 Å². The topological polar surface area (TPSA) is 77.6 Å². The molecule has 1 unspecified atom stereocenters. The number of rotatable bonds is 3. The molecule has 0 aromatic carbocycles. The standard InChI is InChI=1S/C12H20N6O/c1-12(2,3)9(13-4)7-18-11(19)8-6-14-17(5)10(8)15-16-18/h6,9,13H,7H2,1-5H3. The van der Waals surface area contributed by atoms with E-state index in [9.17, 15) is 4.79 Å². The highest BCUT2D eigenvalue weighted by Crippen LogP contribution is 2.19. The van der Waals surface area contributed by atoms with Crippen LogP contribution < -0.4 is 10.9 Å². The number of aryl methyl sites for hydroxylation is 1. The molecule has 2 aromatic heterocycles. The summed E-state index contributed by atoms with van der Waals surface area (Å²) in [4.78, 5) is 12.3. The number of nitrogens with one attached hydrogen (secondary N) is 1. The smallest absolute Gasteiger partial charge is 0.280 e. The fraction of sp³-hybridized carbons (Fsp3) is 0.667. The zero-order chi connectivity index (χ0) is 14.2. The number of nitrogens with zero attached hydrogens (tertiary/aromatic N) is 5. The molecular formula is C12H20N6O. The Bertz CT molecular complexity index is 636. The molecule has 0 aliphatic rings. The van der Waals surface area contributed by atoms with Crippen molar-refractivity contribution in [1.82, 2.24) is 30.1 Å². The molecule has 104 valence electrons. The van der Waals surface area contributed by atoms with E-state index in [2.05, 4.69) is 41.5 Å². The molecule has 19 heavy (non-hydrogen) atoms. The van der Waals surface area contributed by atoms with Crippen molar-refractivity contribution >= 4 is 11.0 Å². The van der Waals surface area contributed by atoms with Gasteiger partial charge in [-0.3, -0.25) is 4.79 Å². The Morgan fingerprint density at radius 2 is 2.11 bits per heavy atom. The number of likely N-dealkylation sites (N-methyl/N-ethyl adjacent to an activating group) is 1. The van der Waals surface area contributed by atoms with E-state index in [1.807, 2.05) is 7.05 Å². The first-order valence-electron chi connectivity index (χ1n) is 6.27. The van der Waals surface area contributed by atoms with Crippen molar-refractivity contribution in [3.8, 4) is 0 Å². The molecule has 7 nitrogen and oxygen atoms in total. The average Bonchev–Trinajstić information content (AvgIpc) is 2.69. The van der Waals surface area contributed by atoms with Crippen LogP contribution in [0.3, 0.4) is 0 Å². The van der Waals surface area contributed by atoms with Gasteiger partial charge < -0.3 is 5.32 Å². The van der Waals surface area contributed by atoms with Crippen LogP contribution in [0, 0.1) is 5.41 Å². The predicted molar refractivity (Wildman–Crippen MR) is 72.9 cm³/mol. The summed E-state index contributed by atoms with van der Waals surface area (Å²) in [6.07, 6.45) is 1.54. The monoisotopic (exact) mass is 264 g/mol. The first-order chi connectivity index (χ1) is 8.84. The van der Waals surface area contributed by atoms with Gasteiger partial charge >= 0.3 is 0 Å². The van der Waals surface area contributed by atoms with E-state index in [4.69, 9.17) is 0 Å². The largest absolute Gasteiger partial charge is 0.315 e. The number of hydrogen-bond donors (Lipinski definition) is 1. The van der Waals surface area contributed by atoms with Crippen LogP contribution in [0.1, 0.15) is 20.8 Å². The van der Waals surface area contributed by atoms with Gasteiger partial charge in [-0.25, -0.2) is 9.36 Å². The van der Waals surface area contributed by atoms with Crippen LogP contribution in [0.5, 0.6) is 0 Å². The zero-order valence-corrected chi connectivity index (χ0v) is 12.0. The maximum Gasteiger partial charge on any atom is 0.280 e. The Hall–Kier alpha value is -1.76. The highest BCUT2D eigenvalue weighted by atomic mass is 16.1. The fourth-order valence-corrected chi connectivity index (χ4v) is 2.07. The molecule has 0 radical (unpaired) electrons. The van der Waals surface area contributed by atoms with Crippen LogP contribution in [-0.4, -0.2) is 37.9 Å². The molecule has 1 atom stereocenters. The Balaban J connectivity index is 2.41. The van der Waals surface area contributed by atoms with E-state index in [1.165, 1.54) is 10.9 Å². The molecule has 2 heterocycles. The summed E-state index contributed by atoms with van der Waals surface area (Å²) in [6.45, 7) is 6.84. The Labute approximate surface area is 111 Å². The van der Waals surface area contributed by atoms with Crippen LogP contribution in [-0.2, 0) is 13.6 Å². The van der Waals surface area contributed by atoms with Crippen molar-refractivity contribution in [3.63, 3.8) is 0 Å². The van der Waals surface area contributed by atoms with Gasteiger partial charge in [-0.2, -0.15) is 5.10 Å². The lowest BCUT2D eigenvalue weighted by molar-refractivity contribution is 0.242. The number of fused-ring (bicyclic) bond motifs is 1. The molecule has 0 saturated carbocycles. The quantitative estimate of drug-likeness (QED) is 0.854. The first kappa shape index (κ1) is 13.7. The van der Waals surface area contributed by atoms with E-state index in [0.717, 1.165) is 0 Å². The van der Waals surface area contributed by atoms with Crippen LogP contribution in [0.25, 0.3) is 11.0 Å². The van der Waals surface area contributed by atoms with E-state index in [-0.39, 0.29) is 17.0 Å². The third-order valence-electron chi connectivity index (χ3n) is 3.37. The second kappa shape index (κ2) is 4.73. The zero-order valence-electron chi connectivity index (χ0n) is 12.0. The maximum atomic E-state index is 12.3. The van der Waals surface area contributed by atoms with E-state index >= 15 is 0 Å². The predicted octanol–water partition coefficient (Wildman–Crippen LogP) is 0.159. The maximum absolute atomic E-state index is 12.3. The summed E-state index contributed by atoms with van der Waals surface area (Å²) >= 11 is 0. The number of aromatic nitrogens is 5. The van der Waals surface area contributed by atoms with Gasteiger partial charge in [0.15, 0.2) is 5.65 Å². The SMILES string of the molecule is CNC(Cn1nnc2c(cnn2C)c1=O)C(C)(C)C. The molecule has 2 rings (SSSR count). The molecule has 1 N–H and O–H groups in total. The highest BCUT2D eigenvalue weighted by molar-refractivity contribution is 5.72. The lowest BCUT2D eigenvalue weighted by Gasteiger charge is -2.30. The highest BCUT2D eigenvalue weighted by Gasteiger charge is 2.24. The summed E-state index contributed by atoms with van der Waals surface area (Å²) < 4.78 is 2.95. The van der Waals surface area contributed by atoms with Gasteiger partial charge in [-0.1, -0.05) is 26.0 Å². The van der Waals surface area contributed by atoms with E-state index in [0.29, 0.717) is 17.6 Å². The van der Waals surface area contributed by atoms with Crippen LogP contribution >= 0.6 is 0 Å². The second-order valence-electron chi connectivity index (χ2n) is 5.79. The molecule has 0 spiro atoms. The average molecular weight is 264 g/mol. The molecule has 0 saturated heterocycles. The summed E-state index contributed by atoms with van der Waals surface area (Å²) in [5.74, 6) is 0. The fourth-order valence-electron chi connectivity index (χ4n) is 2.07. The normalized spacial score (nSPS) is 13.9. The van der Waals surface area contributed by atoms with Crippen molar-refractivity contribution in [2.45, 2.75) is 33.4 Å². The van der Waals surface area contributed by atoms with Gasteiger partial charge in [0.05, 0.1) is 12.7 Å². The second-order valence-corrected chi connectivity index (χ2v) is 5.79. The Morgan fingerprint density at radius 3 is 2.68 bits per heavy atom. The Morgan fingerprint density at radius 1 is 1.42 bits per heavy atom. The van der Waals surface area contributed by atoms with Crippen LogP contribution in [0.4, 0.5) is 0 Å². The number of hydrogen-bond acceptors (Lipinski definition) is 5. The van der Waals surface area contributed by atoms with Crippen molar-refractivity contribution in [1.29, 1.82) is 0 Å². The molecular weight excluding hydrogens is 244 g/mol. The molecule has 7 heteroatoms. The van der Waals surface area contributed by atoms with Crippen molar-refractivity contribution < 1.29 is 0 Å². The minimum Gasteiger partial charge on any atom is -0.315 e. The van der Waals surface area contributed by atoms with E-state index < -0.39 is 0 Å². The molecule has 0 fully saturated rings. The summed E-state index contributed by atoms with van der Waals surface area (Å²) in [5, 5.41) is 15.8. The van der Waals surface area contributed by atoms with Gasteiger partial charge in [-0.05, 0) is 12.5 Å². The minimum absolute atomic E-state index is 0.0275. The third-order valence-corrected chi connectivity index (χ3v) is 3.37. The summed E-state index contributed by atoms with van der Waals surface area (Å²) in [5.41, 5.74) is 0.389. The van der Waals surface area contributed by atoms with Gasteiger partial charge in [-0.15, -0.1) is 5.10 Å². The third kappa shape index (κ3) is 2.51. The van der Waals surface area contributed by atoms with Crippen LogP contribution in [0.15, 0.2) is 11.0 Å². The molecule has 0 aliphatic heterocycles. The molecule has 0 bridgehead atoms. The summed E-state index contributed by atoms with van der Waals surface area (Å²) in [6, 6.07) is 0.133. The first-order valence-corrected chi connectivity index (χ1v) is 6.27. The van der Waals surface area contributed by atoms with Crippen molar-refractivity contribution in [2.24, 2.45) is 12.5 Å². The van der Waals surface area contributed by atoms with Gasteiger partial charge in [0.2, 0.25) is 0 Å².